The number of nitrogens with two attached hydrogens (primary N) is 1. The molecule has 108 valence electrons. The molecule has 2 rings (SSSR count). The van der Waals surface area contributed by atoms with Crippen molar-refractivity contribution in [3.8, 4) is 11.5 Å². The number of benzene rings is 1. The molecule has 0 saturated heterocycles. The highest BCUT2D eigenvalue weighted by Crippen LogP contribution is 2.35. The standard InChI is InChI=1S/C15H20N2O2S/c1-18-13-6-3-7-14(19-2)15(13)12(17-16)9-8-11-5-4-10-20-11/h3-7,10,12,17H,8-9,16H2,1-2H3. The first-order valence-electron chi connectivity index (χ1n) is 6.49. The van der Waals surface area contributed by atoms with Crippen LogP contribution in [0.1, 0.15) is 22.9 Å². The van der Waals surface area contributed by atoms with Gasteiger partial charge in [-0.1, -0.05) is 12.1 Å². The van der Waals surface area contributed by atoms with E-state index in [1.165, 1.54) is 4.88 Å². The summed E-state index contributed by atoms with van der Waals surface area (Å²) >= 11 is 1.76. The Morgan fingerprint density at radius 3 is 2.35 bits per heavy atom. The van der Waals surface area contributed by atoms with Gasteiger partial charge in [-0.3, -0.25) is 11.3 Å². The lowest BCUT2D eigenvalue weighted by Crippen LogP contribution is -2.29. The molecule has 5 heteroatoms. The summed E-state index contributed by atoms with van der Waals surface area (Å²) in [6.07, 6.45) is 1.85. The quantitative estimate of drug-likeness (QED) is 0.608. The van der Waals surface area contributed by atoms with Gasteiger partial charge in [0.25, 0.3) is 0 Å². The van der Waals surface area contributed by atoms with E-state index in [0.717, 1.165) is 29.9 Å². The smallest absolute Gasteiger partial charge is 0.127 e. The number of thiophene rings is 1. The minimum Gasteiger partial charge on any atom is -0.496 e. The van der Waals surface area contributed by atoms with Gasteiger partial charge < -0.3 is 9.47 Å². The van der Waals surface area contributed by atoms with Crippen LogP contribution in [0, 0.1) is 0 Å². The second kappa shape index (κ2) is 7.28. The molecular formula is C15H20N2O2S. The summed E-state index contributed by atoms with van der Waals surface area (Å²) < 4.78 is 10.9. The molecule has 1 heterocycles. The van der Waals surface area contributed by atoms with Crippen molar-refractivity contribution >= 4 is 11.3 Å². The molecule has 0 aliphatic rings. The summed E-state index contributed by atoms with van der Waals surface area (Å²) in [5.74, 6) is 7.31. The van der Waals surface area contributed by atoms with Crippen LogP contribution in [0.2, 0.25) is 0 Å². The molecule has 1 aromatic carbocycles. The lowest BCUT2D eigenvalue weighted by atomic mass is 10.00. The number of aryl methyl sites for hydroxylation is 1. The number of ether oxygens (including phenoxy) is 2. The van der Waals surface area contributed by atoms with Crippen molar-refractivity contribution in [3.63, 3.8) is 0 Å². The summed E-state index contributed by atoms with van der Waals surface area (Å²) in [4.78, 5) is 1.35. The first-order chi connectivity index (χ1) is 9.80. The Bertz CT molecular complexity index is 506. The zero-order chi connectivity index (χ0) is 14.4. The van der Waals surface area contributed by atoms with E-state index in [-0.39, 0.29) is 6.04 Å². The fourth-order valence-electron chi connectivity index (χ4n) is 2.28. The molecule has 4 nitrogen and oxygen atoms in total. The minimum absolute atomic E-state index is 0.0109. The van der Waals surface area contributed by atoms with E-state index < -0.39 is 0 Å². The Balaban J connectivity index is 2.21. The molecule has 0 aliphatic carbocycles. The van der Waals surface area contributed by atoms with Crippen LogP contribution < -0.4 is 20.7 Å². The molecule has 0 radical (unpaired) electrons. The monoisotopic (exact) mass is 292 g/mol. The van der Waals surface area contributed by atoms with Gasteiger partial charge in [0.1, 0.15) is 11.5 Å². The van der Waals surface area contributed by atoms with Crippen LogP contribution in [0.15, 0.2) is 35.7 Å². The number of hydrogen-bond acceptors (Lipinski definition) is 5. The summed E-state index contributed by atoms with van der Waals surface area (Å²) in [5, 5.41) is 2.09. The molecule has 0 amide bonds. The Morgan fingerprint density at radius 2 is 1.85 bits per heavy atom. The highest BCUT2D eigenvalue weighted by molar-refractivity contribution is 7.09. The van der Waals surface area contributed by atoms with Crippen molar-refractivity contribution in [2.75, 3.05) is 14.2 Å². The Kier molecular flexibility index (Phi) is 5.40. The third kappa shape index (κ3) is 3.30. The van der Waals surface area contributed by atoms with Crippen molar-refractivity contribution in [1.82, 2.24) is 5.43 Å². The van der Waals surface area contributed by atoms with Crippen molar-refractivity contribution in [1.29, 1.82) is 0 Å². The van der Waals surface area contributed by atoms with E-state index in [1.54, 1.807) is 25.6 Å². The van der Waals surface area contributed by atoms with Crippen molar-refractivity contribution in [3.05, 3.63) is 46.2 Å². The minimum atomic E-state index is -0.0109. The molecule has 0 aliphatic heterocycles. The fourth-order valence-corrected chi connectivity index (χ4v) is 3.00. The molecule has 0 spiro atoms. The average molecular weight is 292 g/mol. The molecule has 2 aromatic rings. The maximum atomic E-state index is 5.73. The van der Waals surface area contributed by atoms with Crippen molar-refractivity contribution in [2.24, 2.45) is 5.84 Å². The van der Waals surface area contributed by atoms with Gasteiger partial charge in [-0.15, -0.1) is 11.3 Å². The summed E-state index contributed by atoms with van der Waals surface area (Å²) in [7, 11) is 3.32. The Morgan fingerprint density at radius 1 is 1.15 bits per heavy atom. The zero-order valence-corrected chi connectivity index (χ0v) is 12.6. The zero-order valence-electron chi connectivity index (χ0n) is 11.8. The maximum Gasteiger partial charge on any atom is 0.127 e. The first-order valence-corrected chi connectivity index (χ1v) is 7.37. The van der Waals surface area contributed by atoms with Gasteiger partial charge in [0.2, 0.25) is 0 Å². The van der Waals surface area contributed by atoms with Crippen LogP contribution in [0.5, 0.6) is 11.5 Å². The van der Waals surface area contributed by atoms with E-state index in [2.05, 4.69) is 22.9 Å². The predicted octanol–water partition coefficient (Wildman–Crippen LogP) is 2.90. The second-order valence-electron chi connectivity index (χ2n) is 4.41. The van der Waals surface area contributed by atoms with E-state index in [9.17, 15) is 0 Å². The Labute approximate surface area is 123 Å². The lowest BCUT2D eigenvalue weighted by molar-refractivity contribution is 0.367. The highest BCUT2D eigenvalue weighted by Gasteiger charge is 2.19. The van der Waals surface area contributed by atoms with Gasteiger partial charge >= 0.3 is 0 Å². The van der Waals surface area contributed by atoms with Crippen LogP contribution in [-0.4, -0.2) is 14.2 Å². The van der Waals surface area contributed by atoms with Gasteiger partial charge in [-0.2, -0.15) is 0 Å². The first kappa shape index (κ1) is 14.8. The molecule has 0 fully saturated rings. The SMILES string of the molecule is COc1cccc(OC)c1C(CCc1cccs1)NN. The third-order valence-corrected chi connectivity index (χ3v) is 4.21. The van der Waals surface area contributed by atoms with Crippen molar-refractivity contribution in [2.45, 2.75) is 18.9 Å². The van der Waals surface area contributed by atoms with E-state index in [1.807, 2.05) is 18.2 Å². The molecule has 0 bridgehead atoms. The second-order valence-corrected chi connectivity index (χ2v) is 5.45. The highest BCUT2D eigenvalue weighted by atomic mass is 32.1. The van der Waals surface area contributed by atoms with E-state index in [4.69, 9.17) is 15.3 Å². The van der Waals surface area contributed by atoms with Crippen LogP contribution in [0.4, 0.5) is 0 Å². The van der Waals surface area contributed by atoms with Crippen LogP contribution >= 0.6 is 11.3 Å². The largest absolute Gasteiger partial charge is 0.496 e. The lowest BCUT2D eigenvalue weighted by Gasteiger charge is -2.21. The fraction of sp³-hybridized carbons (Fsp3) is 0.333. The summed E-state index contributed by atoms with van der Waals surface area (Å²) in [6, 6.07) is 9.95. The van der Waals surface area contributed by atoms with Crippen LogP contribution in [0.25, 0.3) is 0 Å². The number of hydrogen-bond donors (Lipinski definition) is 2. The van der Waals surface area contributed by atoms with E-state index in [0.29, 0.717) is 0 Å². The van der Waals surface area contributed by atoms with Crippen LogP contribution in [0.3, 0.4) is 0 Å². The van der Waals surface area contributed by atoms with Crippen molar-refractivity contribution < 1.29 is 9.47 Å². The molecule has 20 heavy (non-hydrogen) atoms. The topological polar surface area (TPSA) is 56.5 Å². The predicted molar refractivity (Wildman–Crippen MR) is 82.3 cm³/mol. The number of methoxy groups -OCH3 is 2. The van der Waals surface area contributed by atoms with Gasteiger partial charge in [0, 0.05) is 4.88 Å². The van der Waals surface area contributed by atoms with Gasteiger partial charge in [0.15, 0.2) is 0 Å². The van der Waals surface area contributed by atoms with Gasteiger partial charge in [-0.05, 0) is 36.4 Å². The maximum absolute atomic E-state index is 5.73. The Hall–Kier alpha value is -1.56. The molecule has 1 atom stereocenters. The molecular weight excluding hydrogens is 272 g/mol. The number of rotatable bonds is 7. The third-order valence-electron chi connectivity index (χ3n) is 3.28. The number of nitrogens with one attached hydrogen (secondary N) is 1. The molecule has 1 unspecified atom stereocenters. The normalized spacial score (nSPS) is 12.2. The van der Waals surface area contributed by atoms with Crippen LogP contribution in [-0.2, 0) is 6.42 Å². The average Bonchev–Trinajstić information content (AvgIpc) is 3.01. The summed E-state index contributed by atoms with van der Waals surface area (Å²) in [6.45, 7) is 0. The van der Waals surface area contributed by atoms with Gasteiger partial charge in [-0.25, -0.2) is 0 Å². The van der Waals surface area contributed by atoms with Gasteiger partial charge in [0.05, 0.1) is 25.8 Å². The molecule has 0 saturated carbocycles. The number of hydrazine groups is 1. The summed E-state index contributed by atoms with van der Waals surface area (Å²) in [5.41, 5.74) is 3.84. The van der Waals surface area contributed by atoms with E-state index >= 15 is 0 Å². The molecule has 1 aromatic heterocycles. The molecule has 3 N–H and O–H groups in total.